The second-order valence-electron chi connectivity index (χ2n) is 3.82. The minimum Gasteiger partial charge on any atom is -0.368 e. The zero-order chi connectivity index (χ0) is 10.7. The molecule has 1 amide bonds. The Balaban J connectivity index is 2.22. The zero-order valence-corrected chi connectivity index (χ0v) is 8.60. The van der Waals surface area contributed by atoms with E-state index in [2.05, 4.69) is 9.88 Å². The van der Waals surface area contributed by atoms with E-state index in [-0.39, 0.29) is 11.9 Å². The third-order valence-electron chi connectivity index (χ3n) is 2.81. The molecule has 1 unspecified atom stereocenters. The first-order chi connectivity index (χ1) is 7.29. The van der Waals surface area contributed by atoms with Crippen molar-refractivity contribution in [3.05, 3.63) is 24.5 Å². The van der Waals surface area contributed by atoms with Crippen LogP contribution in [0.5, 0.6) is 0 Å². The number of amides is 1. The number of pyridine rings is 1. The highest BCUT2D eigenvalue weighted by Gasteiger charge is 2.26. The first-order valence-corrected chi connectivity index (χ1v) is 5.25. The van der Waals surface area contributed by atoms with Crippen LogP contribution in [-0.4, -0.2) is 23.5 Å². The van der Waals surface area contributed by atoms with Gasteiger partial charge < -0.3 is 10.6 Å². The number of hydrogen-bond donors (Lipinski definition) is 1. The zero-order valence-electron chi connectivity index (χ0n) is 8.60. The van der Waals surface area contributed by atoms with Gasteiger partial charge >= 0.3 is 0 Å². The lowest BCUT2D eigenvalue weighted by atomic mass is 10.0. The number of carbonyl (C=O) groups is 1. The highest BCUT2D eigenvalue weighted by molar-refractivity contribution is 5.83. The van der Waals surface area contributed by atoms with Gasteiger partial charge in [-0.2, -0.15) is 0 Å². The summed E-state index contributed by atoms with van der Waals surface area (Å²) in [6.07, 6.45) is 6.54. The van der Waals surface area contributed by atoms with E-state index in [0.29, 0.717) is 0 Å². The number of carbonyl (C=O) groups excluding carboxylic acids is 1. The van der Waals surface area contributed by atoms with Gasteiger partial charge in [-0.3, -0.25) is 9.78 Å². The molecule has 1 aliphatic rings. The quantitative estimate of drug-likeness (QED) is 0.781. The second-order valence-corrected chi connectivity index (χ2v) is 3.82. The first-order valence-electron chi connectivity index (χ1n) is 5.25. The third kappa shape index (κ3) is 2.09. The van der Waals surface area contributed by atoms with Crippen LogP contribution in [0.3, 0.4) is 0 Å². The fraction of sp³-hybridized carbons (Fsp3) is 0.455. The van der Waals surface area contributed by atoms with Crippen molar-refractivity contribution in [1.82, 2.24) is 4.98 Å². The molecule has 0 aliphatic carbocycles. The molecule has 2 rings (SSSR count). The average molecular weight is 205 g/mol. The lowest BCUT2D eigenvalue weighted by molar-refractivity contribution is -0.119. The van der Waals surface area contributed by atoms with E-state index in [9.17, 15) is 4.79 Å². The van der Waals surface area contributed by atoms with Gasteiger partial charge in [-0.1, -0.05) is 0 Å². The molecule has 0 aromatic carbocycles. The summed E-state index contributed by atoms with van der Waals surface area (Å²) >= 11 is 0. The van der Waals surface area contributed by atoms with Crippen LogP contribution in [0.4, 0.5) is 5.69 Å². The van der Waals surface area contributed by atoms with Crippen molar-refractivity contribution in [2.45, 2.75) is 25.3 Å². The summed E-state index contributed by atoms with van der Waals surface area (Å²) < 4.78 is 0. The molecular weight excluding hydrogens is 190 g/mol. The molecule has 4 heteroatoms. The summed E-state index contributed by atoms with van der Waals surface area (Å²) in [4.78, 5) is 17.4. The average Bonchev–Trinajstić information content (AvgIpc) is 2.30. The van der Waals surface area contributed by atoms with Crippen LogP contribution in [0.25, 0.3) is 0 Å². The Morgan fingerprint density at radius 1 is 1.53 bits per heavy atom. The monoisotopic (exact) mass is 205 g/mol. The maximum Gasteiger partial charge on any atom is 0.240 e. The summed E-state index contributed by atoms with van der Waals surface area (Å²) in [7, 11) is 0. The standard InChI is InChI=1S/C11H15N3O/c12-11(15)10-5-1-2-7-14(10)9-4-3-6-13-8-9/h3-4,6,8,10H,1-2,5,7H2,(H2,12,15). The van der Waals surface area contributed by atoms with Gasteiger partial charge in [0, 0.05) is 12.7 Å². The number of nitrogens with zero attached hydrogens (tertiary/aromatic N) is 2. The Labute approximate surface area is 89.1 Å². The van der Waals surface area contributed by atoms with Crippen molar-refractivity contribution < 1.29 is 4.79 Å². The molecule has 0 spiro atoms. The van der Waals surface area contributed by atoms with E-state index in [0.717, 1.165) is 31.5 Å². The normalized spacial score (nSPS) is 21.3. The Kier molecular flexibility index (Phi) is 2.85. The summed E-state index contributed by atoms with van der Waals surface area (Å²) in [5.74, 6) is -0.237. The summed E-state index contributed by atoms with van der Waals surface area (Å²) in [6, 6.07) is 3.68. The molecule has 15 heavy (non-hydrogen) atoms. The van der Waals surface area contributed by atoms with Crippen LogP contribution in [0.15, 0.2) is 24.5 Å². The topological polar surface area (TPSA) is 59.2 Å². The minimum absolute atomic E-state index is 0.164. The number of anilines is 1. The Morgan fingerprint density at radius 3 is 3.07 bits per heavy atom. The molecule has 0 radical (unpaired) electrons. The van der Waals surface area contributed by atoms with Crippen LogP contribution in [0.1, 0.15) is 19.3 Å². The van der Waals surface area contributed by atoms with E-state index in [1.807, 2.05) is 12.1 Å². The van der Waals surface area contributed by atoms with Gasteiger partial charge in [0.15, 0.2) is 0 Å². The predicted octanol–water partition coefficient (Wildman–Crippen LogP) is 0.926. The minimum atomic E-state index is -0.237. The lowest BCUT2D eigenvalue weighted by Gasteiger charge is -2.35. The Morgan fingerprint density at radius 2 is 2.40 bits per heavy atom. The molecule has 80 valence electrons. The summed E-state index contributed by atoms with van der Waals surface area (Å²) in [5, 5.41) is 0. The predicted molar refractivity (Wildman–Crippen MR) is 58.4 cm³/mol. The van der Waals surface area contributed by atoms with E-state index >= 15 is 0 Å². The lowest BCUT2D eigenvalue weighted by Crippen LogP contribution is -2.47. The van der Waals surface area contributed by atoms with Gasteiger partial charge in [0.2, 0.25) is 5.91 Å². The van der Waals surface area contributed by atoms with Crippen molar-refractivity contribution in [2.24, 2.45) is 5.73 Å². The highest BCUT2D eigenvalue weighted by Crippen LogP contribution is 2.23. The molecule has 1 fully saturated rings. The number of aromatic nitrogens is 1. The number of rotatable bonds is 2. The van der Waals surface area contributed by atoms with Crippen molar-refractivity contribution in [2.75, 3.05) is 11.4 Å². The van der Waals surface area contributed by atoms with Gasteiger partial charge in [-0.15, -0.1) is 0 Å². The number of primary amides is 1. The number of nitrogens with two attached hydrogens (primary N) is 1. The molecule has 1 aromatic rings. The largest absolute Gasteiger partial charge is 0.368 e. The van der Waals surface area contributed by atoms with Crippen LogP contribution < -0.4 is 10.6 Å². The Hall–Kier alpha value is -1.58. The maximum atomic E-state index is 11.3. The van der Waals surface area contributed by atoms with Gasteiger partial charge in [0.25, 0.3) is 0 Å². The fourth-order valence-corrected chi connectivity index (χ4v) is 2.06. The molecule has 1 aliphatic heterocycles. The molecular formula is C11H15N3O. The van der Waals surface area contributed by atoms with Gasteiger partial charge in [0.05, 0.1) is 11.9 Å². The fourth-order valence-electron chi connectivity index (χ4n) is 2.06. The molecule has 1 atom stereocenters. The molecule has 2 heterocycles. The van der Waals surface area contributed by atoms with Crippen molar-refractivity contribution >= 4 is 11.6 Å². The van der Waals surface area contributed by atoms with E-state index in [1.165, 1.54) is 0 Å². The molecule has 2 N–H and O–H groups in total. The number of hydrogen-bond acceptors (Lipinski definition) is 3. The van der Waals surface area contributed by atoms with Crippen LogP contribution in [0.2, 0.25) is 0 Å². The van der Waals surface area contributed by atoms with Crippen LogP contribution in [-0.2, 0) is 4.79 Å². The molecule has 1 saturated heterocycles. The van der Waals surface area contributed by atoms with Crippen molar-refractivity contribution in [3.63, 3.8) is 0 Å². The maximum absolute atomic E-state index is 11.3. The molecule has 1 aromatic heterocycles. The Bertz CT molecular complexity index is 339. The van der Waals surface area contributed by atoms with E-state index in [1.54, 1.807) is 12.4 Å². The highest BCUT2D eigenvalue weighted by atomic mass is 16.1. The number of piperidine rings is 1. The van der Waals surface area contributed by atoms with Crippen LogP contribution >= 0.6 is 0 Å². The molecule has 0 bridgehead atoms. The molecule has 0 saturated carbocycles. The summed E-state index contributed by atoms with van der Waals surface area (Å²) in [5.41, 5.74) is 6.38. The third-order valence-corrected chi connectivity index (χ3v) is 2.81. The van der Waals surface area contributed by atoms with Gasteiger partial charge in [-0.05, 0) is 31.4 Å². The van der Waals surface area contributed by atoms with Crippen molar-refractivity contribution in [1.29, 1.82) is 0 Å². The van der Waals surface area contributed by atoms with E-state index in [4.69, 9.17) is 5.73 Å². The van der Waals surface area contributed by atoms with Crippen molar-refractivity contribution in [3.8, 4) is 0 Å². The van der Waals surface area contributed by atoms with Gasteiger partial charge in [-0.25, -0.2) is 0 Å². The first kappa shape index (κ1) is 9.96. The van der Waals surface area contributed by atoms with E-state index < -0.39 is 0 Å². The summed E-state index contributed by atoms with van der Waals surface area (Å²) in [6.45, 7) is 0.888. The second kappa shape index (κ2) is 4.29. The molecule has 4 nitrogen and oxygen atoms in total. The SMILES string of the molecule is NC(=O)C1CCCCN1c1cccnc1. The smallest absolute Gasteiger partial charge is 0.240 e. The van der Waals surface area contributed by atoms with Gasteiger partial charge in [0.1, 0.15) is 6.04 Å². The van der Waals surface area contributed by atoms with Crippen LogP contribution in [0, 0.1) is 0 Å².